The zero-order valence-corrected chi connectivity index (χ0v) is 14.8. The predicted molar refractivity (Wildman–Crippen MR) is 95.9 cm³/mol. The topological polar surface area (TPSA) is 41.9 Å². The number of carbonyl (C=O) groups excluding carboxylic acids is 1. The van der Waals surface area contributed by atoms with Crippen molar-refractivity contribution in [2.75, 3.05) is 7.11 Å². The minimum atomic E-state index is -0.196. The molecule has 4 nitrogen and oxygen atoms in total. The maximum atomic E-state index is 12.0. The molecule has 2 aromatic rings. The molecule has 6 heteroatoms. The molecule has 0 aliphatic carbocycles. The van der Waals surface area contributed by atoms with Crippen molar-refractivity contribution in [2.45, 2.75) is 19.4 Å². The van der Waals surface area contributed by atoms with Gasteiger partial charge in [-0.15, -0.1) is 0 Å². The molecule has 1 heterocycles. The molecule has 1 aliphatic rings. The third kappa shape index (κ3) is 3.25. The summed E-state index contributed by atoms with van der Waals surface area (Å²) in [6.45, 7) is 1.50. The lowest BCUT2D eigenvalue weighted by atomic mass is 9.98. The van der Waals surface area contributed by atoms with E-state index in [1.807, 2.05) is 30.3 Å². The highest BCUT2D eigenvalue weighted by Crippen LogP contribution is 2.35. The van der Waals surface area contributed by atoms with Gasteiger partial charge in [-0.3, -0.25) is 4.79 Å². The molecule has 0 N–H and O–H groups in total. The van der Waals surface area contributed by atoms with Gasteiger partial charge in [-0.1, -0.05) is 41.4 Å². The number of rotatable bonds is 3. The van der Waals surface area contributed by atoms with E-state index in [0.717, 1.165) is 22.6 Å². The normalized spacial score (nSPS) is 16.9. The standard InChI is InChI=1S/C18H16Cl2N2O2/c1-11(23)22-18(13-6-7-15(19)16(20)9-13)10-17(21-22)12-4-3-5-14(8-12)24-2/h3-9,18H,10H2,1-2H3. The first-order valence-electron chi connectivity index (χ1n) is 7.46. The Kier molecular flexibility index (Phi) is 4.78. The van der Waals surface area contributed by atoms with Crippen molar-refractivity contribution < 1.29 is 9.53 Å². The Hall–Kier alpha value is -2.04. The molecule has 24 heavy (non-hydrogen) atoms. The minimum Gasteiger partial charge on any atom is -0.497 e. The first-order chi connectivity index (χ1) is 11.5. The largest absolute Gasteiger partial charge is 0.497 e. The Labute approximate surface area is 150 Å². The lowest BCUT2D eigenvalue weighted by Gasteiger charge is -2.20. The first-order valence-corrected chi connectivity index (χ1v) is 8.22. The molecule has 1 unspecified atom stereocenters. The smallest absolute Gasteiger partial charge is 0.240 e. The van der Waals surface area contributed by atoms with Gasteiger partial charge in [0.15, 0.2) is 0 Å². The van der Waals surface area contributed by atoms with Crippen LogP contribution < -0.4 is 4.74 Å². The summed E-state index contributed by atoms with van der Waals surface area (Å²) in [7, 11) is 1.62. The second-order valence-electron chi connectivity index (χ2n) is 5.54. The summed E-state index contributed by atoms with van der Waals surface area (Å²) in [5.41, 5.74) is 2.67. The Morgan fingerprint density at radius 2 is 2.00 bits per heavy atom. The number of hydrogen-bond acceptors (Lipinski definition) is 3. The number of hydrogen-bond donors (Lipinski definition) is 0. The van der Waals surface area contributed by atoms with Crippen molar-refractivity contribution >= 4 is 34.8 Å². The summed E-state index contributed by atoms with van der Waals surface area (Å²) in [5, 5.41) is 6.96. The Morgan fingerprint density at radius 1 is 1.21 bits per heavy atom. The van der Waals surface area contributed by atoms with Gasteiger partial charge in [0.2, 0.25) is 5.91 Å². The van der Waals surface area contributed by atoms with Crippen molar-refractivity contribution in [2.24, 2.45) is 5.10 Å². The lowest BCUT2D eigenvalue weighted by Crippen LogP contribution is -2.24. The molecule has 0 bridgehead atoms. The Morgan fingerprint density at radius 3 is 2.67 bits per heavy atom. The van der Waals surface area contributed by atoms with Gasteiger partial charge in [-0.2, -0.15) is 5.10 Å². The Balaban J connectivity index is 1.95. The third-order valence-electron chi connectivity index (χ3n) is 3.96. The summed E-state index contributed by atoms with van der Waals surface area (Å²) in [6, 6.07) is 12.8. The summed E-state index contributed by atoms with van der Waals surface area (Å²) in [5.74, 6) is 0.631. The van der Waals surface area contributed by atoms with E-state index in [2.05, 4.69) is 5.10 Å². The fraction of sp³-hybridized carbons (Fsp3) is 0.222. The van der Waals surface area contributed by atoms with Crippen LogP contribution in [0.5, 0.6) is 5.75 Å². The summed E-state index contributed by atoms with van der Waals surface area (Å²) >= 11 is 12.1. The van der Waals surface area contributed by atoms with E-state index < -0.39 is 0 Å². The molecule has 3 rings (SSSR count). The molecule has 0 radical (unpaired) electrons. The van der Waals surface area contributed by atoms with Crippen molar-refractivity contribution in [3.8, 4) is 5.75 Å². The fourth-order valence-electron chi connectivity index (χ4n) is 2.76. The summed E-state index contributed by atoms with van der Waals surface area (Å²) < 4.78 is 5.26. The molecule has 0 saturated carbocycles. The van der Waals surface area contributed by atoms with Gasteiger partial charge in [-0.05, 0) is 29.8 Å². The maximum Gasteiger partial charge on any atom is 0.240 e. The van der Waals surface area contributed by atoms with Gasteiger partial charge in [0.25, 0.3) is 0 Å². The number of nitrogens with zero attached hydrogens (tertiary/aromatic N) is 2. The van der Waals surface area contributed by atoms with E-state index in [0.29, 0.717) is 16.5 Å². The number of carbonyl (C=O) groups is 1. The highest BCUT2D eigenvalue weighted by molar-refractivity contribution is 6.42. The van der Waals surface area contributed by atoms with Gasteiger partial charge in [0.05, 0.1) is 28.9 Å². The zero-order valence-electron chi connectivity index (χ0n) is 13.3. The van der Waals surface area contributed by atoms with E-state index in [1.165, 1.54) is 11.9 Å². The minimum absolute atomic E-state index is 0.121. The average molecular weight is 363 g/mol. The first kappa shape index (κ1) is 16.8. The monoisotopic (exact) mass is 362 g/mol. The van der Waals surface area contributed by atoms with Crippen LogP contribution >= 0.6 is 23.2 Å². The molecule has 1 aliphatic heterocycles. The molecule has 0 spiro atoms. The van der Waals surface area contributed by atoms with Gasteiger partial charge in [0.1, 0.15) is 5.75 Å². The van der Waals surface area contributed by atoms with E-state index in [1.54, 1.807) is 19.2 Å². The van der Waals surface area contributed by atoms with E-state index >= 15 is 0 Å². The van der Waals surface area contributed by atoms with Gasteiger partial charge >= 0.3 is 0 Å². The third-order valence-corrected chi connectivity index (χ3v) is 4.70. The van der Waals surface area contributed by atoms with Gasteiger partial charge in [0, 0.05) is 18.9 Å². The number of benzene rings is 2. The number of ether oxygens (including phenoxy) is 1. The van der Waals surface area contributed by atoms with Crippen LogP contribution in [0.1, 0.15) is 30.5 Å². The predicted octanol–water partition coefficient (Wildman–Crippen LogP) is 4.70. The van der Waals surface area contributed by atoms with E-state index in [4.69, 9.17) is 27.9 Å². The number of methoxy groups -OCH3 is 1. The quantitative estimate of drug-likeness (QED) is 0.793. The summed E-state index contributed by atoms with van der Waals surface area (Å²) in [6.07, 6.45) is 0.602. The summed E-state index contributed by atoms with van der Waals surface area (Å²) in [4.78, 5) is 12.0. The molecule has 1 amide bonds. The van der Waals surface area contributed by atoms with Crippen molar-refractivity contribution in [3.63, 3.8) is 0 Å². The zero-order chi connectivity index (χ0) is 17.3. The van der Waals surface area contributed by atoms with Crippen LogP contribution in [0.2, 0.25) is 10.0 Å². The van der Waals surface area contributed by atoms with Crippen molar-refractivity contribution in [3.05, 3.63) is 63.6 Å². The van der Waals surface area contributed by atoms with Crippen LogP contribution in [0.4, 0.5) is 0 Å². The number of halogens is 2. The number of hydrazone groups is 1. The maximum absolute atomic E-state index is 12.0. The fourth-order valence-corrected chi connectivity index (χ4v) is 3.06. The van der Waals surface area contributed by atoms with Gasteiger partial charge in [-0.25, -0.2) is 5.01 Å². The molecule has 2 aromatic carbocycles. The van der Waals surface area contributed by atoms with Crippen molar-refractivity contribution in [1.29, 1.82) is 0 Å². The van der Waals surface area contributed by atoms with E-state index in [9.17, 15) is 4.79 Å². The second kappa shape index (κ2) is 6.83. The molecule has 1 atom stereocenters. The van der Waals surface area contributed by atoms with E-state index in [-0.39, 0.29) is 11.9 Å². The lowest BCUT2D eigenvalue weighted by molar-refractivity contribution is -0.130. The second-order valence-corrected chi connectivity index (χ2v) is 6.35. The molecule has 124 valence electrons. The molecular formula is C18H16Cl2N2O2. The molecule has 0 aromatic heterocycles. The van der Waals surface area contributed by atoms with Crippen LogP contribution in [0.15, 0.2) is 47.6 Å². The van der Waals surface area contributed by atoms with Gasteiger partial charge < -0.3 is 4.74 Å². The van der Waals surface area contributed by atoms with Crippen LogP contribution in [0, 0.1) is 0 Å². The molecule has 0 saturated heterocycles. The highest BCUT2D eigenvalue weighted by atomic mass is 35.5. The average Bonchev–Trinajstić information content (AvgIpc) is 3.03. The SMILES string of the molecule is COc1cccc(C2=NN(C(C)=O)C(c3ccc(Cl)c(Cl)c3)C2)c1. The number of amides is 1. The molecular weight excluding hydrogens is 347 g/mol. The highest BCUT2D eigenvalue weighted by Gasteiger charge is 2.31. The van der Waals surface area contributed by atoms with Crippen LogP contribution in [0.3, 0.4) is 0 Å². The molecule has 0 fully saturated rings. The van der Waals surface area contributed by atoms with Crippen LogP contribution in [0.25, 0.3) is 0 Å². The van der Waals surface area contributed by atoms with Crippen LogP contribution in [-0.4, -0.2) is 23.7 Å². The van der Waals surface area contributed by atoms with Crippen LogP contribution in [-0.2, 0) is 4.79 Å². The van der Waals surface area contributed by atoms with Crippen molar-refractivity contribution in [1.82, 2.24) is 5.01 Å². The Bertz CT molecular complexity index is 820.